The number of phenolic OH excluding ortho intramolecular Hbond substituents is 3. The van der Waals surface area contributed by atoms with Gasteiger partial charge in [-0.1, -0.05) is 20.8 Å². The van der Waals surface area contributed by atoms with Crippen LogP contribution < -0.4 is 0 Å². The van der Waals surface area contributed by atoms with E-state index >= 15 is 0 Å². The van der Waals surface area contributed by atoms with Gasteiger partial charge < -0.3 is 20.1 Å². The van der Waals surface area contributed by atoms with Crippen molar-refractivity contribution >= 4 is 12.0 Å². The van der Waals surface area contributed by atoms with E-state index < -0.39 is 23.2 Å². The van der Waals surface area contributed by atoms with Gasteiger partial charge in [-0.2, -0.15) is 0 Å². The standard InChI is InChI=1S/C19H24O5/c1-18(2)12-6-7-19(18,3)15(10-12)24-16(22)5-4-11-8-13(20)17(23)14(21)9-11/h4-5,8-9,12,15,20-21,23H,6-7,10H2,1-3H3/b5-4+/t12?,15?,19-/m1/s1. The minimum absolute atomic E-state index is 0.0102. The van der Waals surface area contributed by atoms with Crippen LogP contribution in [0.2, 0.25) is 0 Å². The summed E-state index contributed by atoms with van der Waals surface area (Å²) in [4.78, 5) is 12.2. The summed E-state index contributed by atoms with van der Waals surface area (Å²) in [5, 5.41) is 28.3. The molecule has 0 aliphatic heterocycles. The Morgan fingerprint density at radius 3 is 2.33 bits per heavy atom. The van der Waals surface area contributed by atoms with Crippen molar-refractivity contribution in [2.24, 2.45) is 16.7 Å². The Morgan fingerprint density at radius 1 is 1.21 bits per heavy atom. The number of benzene rings is 1. The molecule has 5 nitrogen and oxygen atoms in total. The molecule has 1 aromatic rings. The first-order valence-electron chi connectivity index (χ1n) is 8.29. The molecular formula is C19H24O5. The number of phenols is 3. The monoisotopic (exact) mass is 332 g/mol. The Bertz CT molecular complexity index is 683. The molecule has 2 unspecified atom stereocenters. The Kier molecular flexibility index (Phi) is 3.78. The summed E-state index contributed by atoms with van der Waals surface area (Å²) in [6, 6.07) is 2.53. The maximum absolute atomic E-state index is 12.2. The van der Waals surface area contributed by atoms with Gasteiger partial charge in [0, 0.05) is 11.5 Å². The van der Waals surface area contributed by atoms with E-state index in [0.717, 1.165) is 12.8 Å². The number of fused-ring (bicyclic) bond motifs is 2. The molecule has 130 valence electrons. The first kappa shape index (κ1) is 16.7. The quantitative estimate of drug-likeness (QED) is 0.447. The van der Waals surface area contributed by atoms with E-state index in [4.69, 9.17) is 4.74 Å². The third-order valence-corrected chi connectivity index (χ3v) is 6.48. The highest BCUT2D eigenvalue weighted by molar-refractivity contribution is 5.87. The Labute approximate surface area is 141 Å². The molecule has 1 aromatic carbocycles. The second-order valence-electron chi connectivity index (χ2n) is 7.78. The predicted octanol–water partition coefficient (Wildman–Crippen LogP) is 3.57. The highest BCUT2D eigenvalue weighted by Crippen LogP contribution is 2.66. The molecule has 2 saturated carbocycles. The van der Waals surface area contributed by atoms with Crippen molar-refractivity contribution in [1.29, 1.82) is 0 Å². The lowest BCUT2D eigenvalue weighted by Gasteiger charge is -2.38. The van der Waals surface area contributed by atoms with Gasteiger partial charge in [0.2, 0.25) is 0 Å². The van der Waals surface area contributed by atoms with Crippen LogP contribution in [0.25, 0.3) is 6.08 Å². The van der Waals surface area contributed by atoms with E-state index in [9.17, 15) is 20.1 Å². The zero-order valence-electron chi connectivity index (χ0n) is 14.2. The van der Waals surface area contributed by atoms with Gasteiger partial charge in [-0.3, -0.25) is 0 Å². The zero-order valence-corrected chi connectivity index (χ0v) is 14.2. The van der Waals surface area contributed by atoms with Gasteiger partial charge in [0.1, 0.15) is 6.10 Å². The summed E-state index contributed by atoms with van der Waals surface area (Å²) in [5.74, 6) is -1.30. The second-order valence-corrected chi connectivity index (χ2v) is 7.78. The molecule has 2 fully saturated rings. The molecule has 0 amide bonds. The summed E-state index contributed by atoms with van der Waals surface area (Å²) in [5.41, 5.74) is 0.589. The fourth-order valence-electron chi connectivity index (χ4n) is 4.37. The molecule has 0 radical (unpaired) electrons. The lowest BCUT2D eigenvalue weighted by atomic mass is 9.70. The lowest BCUT2D eigenvalue weighted by molar-refractivity contribution is -0.150. The highest BCUT2D eigenvalue weighted by Gasteiger charge is 2.62. The van der Waals surface area contributed by atoms with Gasteiger partial charge in [-0.15, -0.1) is 0 Å². The Hall–Kier alpha value is -2.17. The molecule has 0 saturated heterocycles. The van der Waals surface area contributed by atoms with Crippen molar-refractivity contribution in [3.8, 4) is 17.2 Å². The normalized spacial score (nSPS) is 30.8. The molecule has 2 aliphatic carbocycles. The zero-order chi connectivity index (χ0) is 17.7. The van der Waals surface area contributed by atoms with Crippen molar-refractivity contribution in [3.63, 3.8) is 0 Å². The number of hydrogen-bond acceptors (Lipinski definition) is 5. The van der Waals surface area contributed by atoms with Gasteiger partial charge in [0.25, 0.3) is 0 Å². The number of rotatable bonds is 3. The van der Waals surface area contributed by atoms with Crippen LogP contribution in [0.5, 0.6) is 17.2 Å². The Morgan fingerprint density at radius 2 is 1.83 bits per heavy atom. The van der Waals surface area contributed by atoms with Gasteiger partial charge in [0.05, 0.1) is 0 Å². The van der Waals surface area contributed by atoms with Crippen LogP contribution >= 0.6 is 0 Å². The first-order valence-corrected chi connectivity index (χ1v) is 8.29. The number of esters is 1. The first-order chi connectivity index (χ1) is 11.1. The molecule has 24 heavy (non-hydrogen) atoms. The van der Waals surface area contributed by atoms with Crippen molar-refractivity contribution in [1.82, 2.24) is 0 Å². The topological polar surface area (TPSA) is 87.0 Å². The molecule has 0 aromatic heterocycles. The van der Waals surface area contributed by atoms with E-state index in [-0.39, 0.29) is 16.9 Å². The molecular weight excluding hydrogens is 308 g/mol. The molecule has 5 heteroatoms. The minimum atomic E-state index is -0.577. The molecule has 0 spiro atoms. The molecule has 3 rings (SSSR count). The third-order valence-electron chi connectivity index (χ3n) is 6.48. The van der Waals surface area contributed by atoms with Crippen molar-refractivity contribution in [2.45, 2.75) is 46.1 Å². The predicted molar refractivity (Wildman–Crippen MR) is 89.6 cm³/mol. The van der Waals surface area contributed by atoms with Crippen molar-refractivity contribution < 1.29 is 24.9 Å². The van der Waals surface area contributed by atoms with Gasteiger partial charge >= 0.3 is 5.97 Å². The fraction of sp³-hybridized carbons (Fsp3) is 0.526. The van der Waals surface area contributed by atoms with E-state index in [2.05, 4.69) is 20.8 Å². The van der Waals surface area contributed by atoms with Crippen LogP contribution in [0.3, 0.4) is 0 Å². The lowest BCUT2D eigenvalue weighted by Crippen LogP contribution is -2.38. The SMILES string of the molecule is CC1(C)C2CC[C@]1(C)C(OC(=O)/C=C/c1cc(O)c(O)c(O)c1)C2. The summed E-state index contributed by atoms with van der Waals surface area (Å²) in [6.45, 7) is 6.73. The van der Waals surface area contributed by atoms with Gasteiger partial charge in [0.15, 0.2) is 17.2 Å². The highest BCUT2D eigenvalue weighted by atomic mass is 16.5. The number of aromatic hydroxyl groups is 3. The van der Waals surface area contributed by atoms with Crippen LogP contribution in [-0.4, -0.2) is 27.4 Å². The number of hydrogen-bond donors (Lipinski definition) is 3. The van der Waals surface area contributed by atoms with Gasteiger partial charge in [-0.05, 0) is 54.4 Å². The summed E-state index contributed by atoms with van der Waals surface area (Å²) >= 11 is 0. The summed E-state index contributed by atoms with van der Waals surface area (Å²) in [7, 11) is 0. The smallest absolute Gasteiger partial charge is 0.331 e. The van der Waals surface area contributed by atoms with Crippen LogP contribution in [0.4, 0.5) is 0 Å². The maximum atomic E-state index is 12.2. The minimum Gasteiger partial charge on any atom is -0.504 e. The number of carbonyl (C=O) groups excluding carboxylic acids is 1. The number of ether oxygens (including phenoxy) is 1. The molecule has 0 heterocycles. The largest absolute Gasteiger partial charge is 0.504 e. The van der Waals surface area contributed by atoms with Crippen LogP contribution in [0.15, 0.2) is 18.2 Å². The van der Waals surface area contributed by atoms with E-state index in [1.54, 1.807) is 0 Å². The summed E-state index contributed by atoms with van der Waals surface area (Å²) in [6.07, 6.45) is 5.83. The molecule has 2 aliphatic rings. The number of carbonyl (C=O) groups is 1. The van der Waals surface area contributed by atoms with Crippen LogP contribution in [-0.2, 0) is 9.53 Å². The average Bonchev–Trinajstić information content (AvgIpc) is 2.84. The van der Waals surface area contributed by atoms with E-state index in [1.165, 1.54) is 30.7 Å². The van der Waals surface area contributed by atoms with E-state index in [0.29, 0.717) is 11.5 Å². The van der Waals surface area contributed by atoms with Crippen LogP contribution in [0, 0.1) is 16.7 Å². The van der Waals surface area contributed by atoms with E-state index in [1.807, 2.05) is 0 Å². The van der Waals surface area contributed by atoms with Crippen LogP contribution in [0.1, 0.15) is 45.6 Å². The van der Waals surface area contributed by atoms with Crippen molar-refractivity contribution in [3.05, 3.63) is 23.8 Å². The average molecular weight is 332 g/mol. The molecule has 3 N–H and O–H groups in total. The van der Waals surface area contributed by atoms with Crippen molar-refractivity contribution in [2.75, 3.05) is 0 Å². The maximum Gasteiger partial charge on any atom is 0.331 e. The fourth-order valence-corrected chi connectivity index (χ4v) is 4.37. The second kappa shape index (κ2) is 5.43. The Balaban J connectivity index is 1.69. The third kappa shape index (κ3) is 2.43. The van der Waals surface area contributed by atoms with Gasteiger partial charge in [-0.25, -0.2) is 4.79 Å². The molecule has 3 atom stereocenters. The molecule has 2 bridgehead atoms. The summed E-state index contributed by atoms with van der Waals surface area (Å²) < 4.78 is 5.69.